The zero-order valence-electron chi connectivity index (χ0n) is 19.4. The van der Waals surface area contributed by atoms with E-state index in [1.807, 2.05) is 42.5 Å². The second kappa shape index (κ2) is 9.07. The molecule has 4 aromatic rings. The van der Waals surface area contributed by atoms with Gasteiger partial charge in [-0.3, -0.25) is 4.79 Å². The van der Waals surface area contributed by atoms with Crippen molar-refractivity contribution in [1.29, 1.82) is 0 Å². The first-order chi connectivity index (χ1) is 16.5. The first-order valence-corrected chi connectivity index (χ1v) is 11.7. The first kappa shape index (κ1) is 22.4. The molecule has 6 heteroatoms. The van der Waals surface area contributed by atoms with Crippen molar-refractivity contribution in [2.75, 3.05) is 14.2 Å². The molecule has 0 radical (unpaired) electrons. The summed E-state index contributed by atoms with van der Waals surface area (Å²) in [7, 11) is 3.29. The second-order valence-corrected chi connectivity index (χ2v) is 9.17. The smallest absolute Gasteiger partial charge is 0.217 e. The lowest BCUT2D eigenvalue weighted by Gasteiger charge is -2.37. The van der Waals surface area contributed by atoms with Gasteiger partial charge in [0.1, 0.15) is 0 Å². The number of fused-ring (bicyclic) bond motifs is 3. The van der Waals surface area contributed by atoms with Crippen molar-refractivity contribution in [2.45, 2.75) is 31.2 Å². The van der Waals surface area contributed by atoms with Gasteiger partial charge in [-0.25, -0.2) is 0 Å². The average Bonchev–Trinajstić information content (AvgIpc) is 3.23. The Bertz CT molecular complexity index is 1350. The maximum atomic E-state index is 12.3. The molecule has 0 fully saturated rings. The predicted molar refractivity (Wildman–Crippen MR) is 135 cm³/mol. The van der Waals surface area contributed by atoms with Gasteiger partial charge in [0.25, 0.3) is 0 Å². The van der Waals surface area contributed by atoms with E-state index in [4.69, 9.17) is 21.1 Å². The fraction of sp³-hybridized carbons (Fsp3) is 0.250. The van der Waals surface area contributed by atoms with Gasteiger partial charge < -0.3 is 19.8 Å². The van der Waals surface area contributed by atoms with Crippen LogP contribution in [0.4, 0.5) is 0 Å². The van der Waals surface area contributed by atoms with Crippen LogP contribution in [-0.4, -0.2) is 31.2 Å². The molecule has 34 heavy (non-hydrogen) atoms. The van der Waals surface area contributed by atoms with E-state index >= 15 is 0 Å². The fourth-order valence-electron chi connectivity index (χ4n) is 5.36. The van der Waals surface area contributed by atoms with Crippen LogP contribution in [0.15, 0.2) is 66.7 Å². The molecule has 1 amide bonds. The number of hydrogen-bond donors (Lipinski definition) is 2. The molecule has 2 N–H and O–H groups in total. The minimum Gasteiger partial charge on any atom is -0.493 e. The van der Waals surface area contributed by atoms with Gasteiger partial charge in [0, 0.05) is 46.4 Å². The van der Waals surface area contributed by atoms with Gasteiger partial charge in [-0.2, -0.15) is 0 Å². The predicted octanol–water partition coefficient (Wildman–Crippen LogP) is 6.01. The second-order valence-electron chi connectivity index (χ2n) is 8.74. The summed E-state index contributed by atoms with van der Waals surface area (Å²) in [5.41, 5.74) is 5.69. The molecule has 1 aliphatic rings. The monoisotopic (exact) mass is 474 g/mol. The highest BCUT2D eigenvalue weighted by atomic mass is 35.5. The molecule has 0 saturated heterocycles. The molecule has 3 atom stereocenters. The van der Waals surface area contributed by atoms with Crippen LogP contribution in [0, 0.1) is 0 Å². The van der Waals surface area contributed by atoms with Crippen molar-refractivity contribution in [2.24, 2.45) is 0 Å². The van der Waals surface area contributed by atoms with Gasteiger partial charge in [0.05, 0.1) is 14.2 Å². The van der Waals surface area contributed by atoms with Crippen molar-refractivity contribution < 1.29 is 14.3 Å². The molecule has 1 aromatic heterocycles. The Morgan fingerprint density at radius 1 is 0.971 bits per heavy atom. The lowest BCUT2D eigenvalue weighted by molar-refractivity contribution is -0.119. The van der Waals surface area contributed by atoms with E-state index in [1.165, 1.54) is 10.9 Å². The molecule has 1 heterocycles. The van der Waals surface area contributed by atoms with Crippen LogP contribution in [0.5, 0.6) is 11.5 Å². The van der Waals surface area contributed by atoms with Crippen LogP contribution in [0.2, 0.25) is 5.02 Å². The number of para-hydroxylation sites is 1. The quantitative estimate of drug-likeness (QED) is 0.372. The summed E-state index contributed by atoms with van der Waals surface area (Å²) in [6.45, 7) is 1.57. The number of methoxy groups -OCH3 is 2. The minimum absolute atomic E-state index is 0.0278. The molecular formula is C28H27ClN2O3. The molecule has 0 saturated carbocycles. The SMILES string of the molecule is COc1ccc([C@H]2C[C@@H](NC(C)=O)[C@@H](c3ccc(Cl)cc3)c3[nH]c4ccccc4c32)cc1OC. The van der Waals surface area contributed by atoms with Crippen molar-refractivity contribution in [3.63, 3.8) is 0 Å². The number of carbonyl (C=O) groups is 1. The Hall–Kier alpha value is -3.44. The zero-order valence-corrected chi connectivity index (χ0v) is 20.1. The third-order valence-corrected chi connectivity index (χ3v) is 7.01. The Labute approximate surface area is 204 Å². The van der Waals surface area contributed by atoms with Gasteiger partial charge in [-0.05, 0) is 53.4 Å². The van der Waals surface area contributed by atoms with Crippen LogP contribution >= 0.6 is 11.6 Å². The number of carbonyl (C=O) groups excluding carboxylic acids is 1. The standard InChI is InChI=1S/C28H27ClN2O3/c1-16(32)30-23-15-21(18-10-13-24(33-2)25(14-18)34-3)27-20-6-4-5-7-22(20)31-28(27)26(23)17-8-11-19(29)12-9-17/h4-14,21,23,26,31H,15H2,1-3H3,(H,30,32)/t21-,23-,26-/m1/s1. The van der Waals surface area contributed by atoms with Gasteiger partial charge >= 0.3 is 0 Å². The Morgan fingerprint density at radius 2 is 1.68 bits per heavy atom. The number of H-pyrrole nitrogens is 1. The number of ether oxygens (including phenoxy) is 2. The van der Waals surface area contributed by atoms with Gasteiger partial charge in [-0.15, -0.1) is 0 Å². The number of amides is 1. The highest BCUT2D eigenvalue weighted by molar-refractivity contribution is 6.30. The normalized spacial score (nSPS) is 19.5. The number of benzene rings is 3. The summed E-state index contributed by atoms with van der Waals surface area (Å²) in [5.74, 6) is 1.37. The molecule has 5 nitrogen and oxygen atoms in total. The molecule has 174 valence electrons. The van der Waals surface area contributed by atoms with E-state index in [1.54, 1.807) is 21.1 Å². The Balaban J connectivity index is 1.73. The zero-order chi connectivity index (χ0) is 23.8. The Morgan fingerprint density at radius 3 is 2.38 bits per heavy atom. The Kier molecular flexibility index (Phi) is 5.96. The largest absolute Gasteiger partial charge is 0.493 e. The molecule has 5 rings (SSSR count). The third-order valence-electron chi connectivity index (χ3n) is 6.76. The molecule has 0 aliphatic heterocycles. The summed E-state index contributed by atoms with van der Waals surface area (Å²) >= 11 is 6.19. The van der Waals surface area contributed by atoms with Crippen LogP contribution in [0.25, 0.3) is 10.9 Å². The van der Waals surface area contributed by atoms with Gasteiger partial charge in [0.15, 0.2) is 11.5 Å². The minimum atomic E-state index is -0.0997. The average molecular weight is 475 g/mol. The van der Waals surface area contributed by atoms with E-state index in [2.05, 4.69) is 34.6 Å². The number of rotatable bonds is 5. The van der Waals surface area contributed by atoms with E-state index in [9.17, 15) is 4.79 Å². The van der Waals surface area contributed by atoms with Crippen molar-refractivity contribution in [3.05, 3.63) is 94.1 Å². The van der Waals surface area contributed by atoms with E-state index < -0.39 is 0 Å². The summed E-state index contributed by atoms with van der Waals surface area (Å²) in [6.07, 6.45) is 0.747. The number of nitrogens with one attached hydrogen (secondary N) is 2. The first-order valence-electron chi connectivity index (χ1n) is 11.3. The summed E-state index contributed by atoms with van der Waals surface area (Å²) in [6, 6.07) is 22.3. The number of halogens is 1. The molecule has 3 aromatic carbocycles. The summed E-state index contributed by atoms with van der Waals surface area (Å²) in [4.78, 5) is 16.0. The molecule has 0 unspecified atom stereocenters. The van der Waals surface area contributed by atoms with E-state index in [-0.39, 0.29) is 23.8 Å². The lowest BCUT2D eigenvalue weighted by Crippen LogP contribution is -2.42. The van der Waals surface area contributed by atoms with Crippen LogP contribution in [-0.2, 0) is 4.79 Å². The van der Waals surface area contributed by atoms with Crippen molar-refractivity contribution in [3.8, 4) is 11.5 Å². The summed E-state index contributed by atoms with van der Waals surface area (Å²) < 4.78 is 11.1. The highest BCUT2D eigenvalue weighted by Crippen LogP contribution is 2.49. The number of hydrogen-bond acceptors (Lipinski definition) is 3. The van der Waals surface area contributed by atoms with E-state index in [0.717, 1.165) is 28.8 Å². The molecule has 1 aliphatic carbocycles. The fourth-order valence-corrected chi connectivity index (χ4v) is 5.48. The highest BCUT2D eigenvalue weighted by Gasteiger charge is 2.39. The van der Waals surface area contributed by atoms with Crippen LogP contribution in [0.1, 0.15) is 47.6 Å². The molecule has 0 bridgehead atoms. The maximum Gasteiger partial charge on any atom is 0.217 e. The molecule has 0 spiro atoms. The van der Waals surface area contributed by atoms with Gasteiger partial charge in [-0.1, -0.05) is 48.0 Å². The topological polar surface area (TPSA) is 63.3 Å². The van der Waals surface area contributed by atoms with Crippen LogP contribution < -0.4 is 14.8 Å². The van der Waals surface area contributed by atoms with Crippen LogP contribution in [0.3, 0.4) is 0 Å². The van der Waals surface area contributed by atoms with Gasteiger partial charge in [0.2, 0.25) is 5.91 Å². The third kappa shape index (κ3) is 3.90. The lowest BCUT2D eigenvalue weighted by atomic mass is 9.71. The summed E-state index contributed by atoms with van der Waals surface area (Å²) in [5, 5.41) is 5.12. The number of aromatic amines is 1. The van der Waals surface area contributed by atoms with Crippen molar-refractivity contribution >= 4 is 28.4 Å². The maximum absolute atomic E-state index is 12.3. The molecular weight excluding hydrogens is 448 g/mol. The van der Waals surface area contributed by atoms with Crippen molar-refractivity contribution in [1.82, 2.24) is 10.3 Å². The van der Waals surface area contributed by atoms with E-state index in [0.29, 0.717) is 16.5 Å². The number of aromatic nitrogens is 1.